The van der Waals surface area contributed by atoms with Crippen LogP contribution in [0.4, 0.5) is 0 Å². The minimum absolute atomic E-state index is 0.195. The van der Waals surface area contributed by atoms with E-state index in [1.807, 2.05) is 0 Å². The van der Waals surface area contributed by atoms with Crippen molar-refractivity contribution in [1.82, 2.24) is 0 Å². The van der Waals surface area contributed by atoms with Gasteiger partial charge in [-0.15, -0.1) is 0 Å². The van der Waals surface area contributed by atoms with Gasteiger partial charge in [0.1, 0.15) is 12.2 Å². The van der Waals surface area contributed by atoms with E-state index < -0.39 is 36.2 Å². The zero-order chi connectivity index (χ0) is 25.1. The van der Waals surface area contributed by atoms with E-state index >= 15 is 0 Å². The summed E-state index contributed by atoms with van der Waals surface area (Å²) in [6.07, 6.45) is 10.5. The van der Waals surface area contributed by atoms with Gasteiger partial charge in [-0.3, -0.25) is 19.2 Å². The summed E-state index contributed by atoms with van der Waals surface area (Å²) in [4.78, 5) is 45.9. The summed E-state index contributed by atoms with van der Waals surface area (Å²) in [6, 6.07) is 0. The summed E-state index contributed by atoms with van der Waals surface area (Å²) >= 11 is 0. The monoisotopic (exact) mass is 470 g/mol. The van der Waals surface area contributed by atoms with E-state index in [4.69, 9.17) is 14.2 Å². The number of carbonyl (C=O) groups is 4. The van der Waals surface area contributed by atoms with Crippen molar-refractivity contribution in [2.24, 2.45) is 0 Å². The second-order valence-electron chi connectivity index (χ2n) is 8.13. The van der Waals surface area contributed by atoms with Gasteiger partial charge in [0.2, 0.25) is 0 Å². The molecule has 0 aliphatic carbocycles. The largest absolute Gasteiger partial charge is 0.469 e. The zero-order valence-electron chi connectivity index (χ0n) is 20.9. The summed E-state index contributed by atoms with van der Waals surface area (Å²) < 4.78 is 20.9. The Hall–Kier alpha value is -2.38. The van der Waals surface area contributed by atoms with Gasteiger partial charge in [-0.05, 0) is 44.3 Å². The Morgan fingerprint density at radius 1 is 0.697 bits per heavy atom. The maximum Gasteiger partial charge on any atom is 0.305 e. The lowest BCUT2D eigenvalue weighted by Crippen LogP contribution is -2.33. The summed E-state index contributed by atoms with van der Waals surface area (Å²) in [5, 5.41) is 0. The highest BCUT2D eigenvalue weighted by atomic mass is 16.6. The number of ether oxygens (including phenoxy) is 4. The molecule has 8 heteroatoms. The summed E-state index contributed by atoms with van der Waals surface area (Å²) in [7, 11) is 1.39. The van der Waals surface area contributed by atoms with Crippen molar-refractivity contribution in [2.45, 2.75) is 117 Å². The van der Waals surface area contributed by atoms with Gasteiger partial charge in [0.15, 0.2) is 6.10 Å². The first kappa shape index (κ1) is 30.6. The molecule has 0 aliphatic heterocycles. The number of unbranched alkanes of at least 4 members (excludes halogenated alkanes) is 6. The molecule has 0 unspecified atom stereocenters. The molecule has 0 aliphatic rings. The topological polar surface area (TPSA) is 105 Å². The van der Waals surface area contributed by atoms with Crippen LogP contribution < -0.4 is 0 Å². The molecule has 0 fully saturated rings. The Kier molecular flexibility index (Phi) is 17.7. The fourth-order valence-corrected chi connectivity index (χ4v) is 3.42. The fraction of sp³-hybridized carbons (Fsp3) is 0.760. The average Bonchev–Trinajstić information content (AvgIpc) is 2.73. The maximum atomic E-state index is 11.6. The number of hydrogen-bond donors (Lipinski definition) is 0. The van der Waals surface area contributed by atoms with Crippen LogP contribution in [0, 0.1) is 0 Å². The van der Waals surface area contributed by atoms with Crippen LogP contribution in [0.1, 0.15) is 98.3 Å². The third-order valence-corrected chi connectivity index (χ3v) is 5.01. The zero-order valence-corrected chi connectivity index (χ0v) is 20.9. The minimum atomic E-state index is -0.750. The number of rotatable bonds is 18. The lowest BCUT2D eigenvalue weighted by Gasteiger charge is -2.24. The van der Waals surface area contributed by atoms with E-state index in [0.717, 1.165) is 51.4 Å². The Morgan fingerprint density at radius 2 is 1.27 bits per heavy atom. The van der Waals surface area contributed by atoms with Crippen LogP contribution in [0.5, 0.6) is 0 Å². The Morgan fingerprint density at radius 3 is 1.85 bits per heavy atom. The van der Waals surface area contributed by atoms with E-state index in [2.05, 4.69) is 11.7 Å². The molecule has 0 heterocycles. The highest BCUT2D eigenvalue weighted by molar-refractivity contribution is 5.69. The Bertz CT molecular complexity index is 614. The van der Waals surface area contributed by atoms with Gasteiger partial charge in [0, 0.05) is 27.2 Å². The first-order chi connectivity index (χ1) is 15.7. The van der Waals surface area contributed by atoms with Crippen LogP contribution in [0.15, 0.2) is 12.2 Å². The van der Waals surface area contributed by atoms with E-state index in [-0.39, 0.29) is 5.97 Å². The Labute approximate surface area is 198 Å². The van der Waals surface area contributed by atoms with Crippen molar-refractivity contribution in [3.63, 3.8) is 0 Å². The molecule has 0 saturated heterocycles. The number of methoxy groups -OCH3 is 1. The molecule has 8 nitrogen and oxygen atoms in total. The highest BCUT2D eigenvalue weighted by Crippen LogP contribution is 2.18. The molecule has 33 heavy (non-hydrogen) atoms. The van der Waals surface area contributed by atoms with E-state index in [1.165, 1.54) is 27.9 Å². The van der Waals surface area contributed by atoms with Crippen LogP contribution in [0.3, 0.4) is 0 Å². The molecule has 0 rings (SSSR count). The quantitative estimate of drug-likeness (QED) is 0.121. The second-order valence-corrected chi connectivity index (χ2v) is 8.13. The smallest absolute Gasteiger partial charge is 0.305 e. The van der Waals surface area contributed by atoms with Crippen molar-refractivity contribution in [3.8, 4) is 0 Å². The lowest BCUT2D eigenvalue weighted by molar-refractivity contribution is -0.162. The molecular weight excluding hydrogens is 428 g/mol. The molecule has 0 bridgehead atoms. The van der Waals surface area contributed by atoms with Crippen molar-refractivity contribution >= 4 is 23.9 Å². The molecule has 0 aromatic heterocycles. The van der Waals surface area contributed by atoms with Crippen LogP contribution in [0.25, 0.3) is 0 Å². The first-order valence-corrected chi connectivity index (χ1v) is 12.0. The molecule has 0 aromatic rings. The first-order valence-electron chi connectivity index (χ1n) is 12.0. The molecule has 0 N–H and O–H groups in total. The van der Waals surface area contributed by atoms with Crippen molar-refractivity contribution in [2.75, 3.05) is 7.11 Å². The summed E-state index contributed by atoms with van der Waals surface area (Å²) in [6.45, 7) is 6.06. The van der Waals surface area contributed by atoms with Crippen molar-refractivity contribution in [1.29, 1.82) is 0 Å². The van der Waals surface area contributed by atoms with E-state index in [9.17, 15) is 19.2 Å². The molecule has 3 atom stereocenters. The summed E-state index contributed by atoms with van der Waals surface area (Å²) in [5.41, 5.74) is 0. The molecule has 0 spiro atoms. The number of hydrogen-bond acceptors (Lipinski definition) is 8. The molecule has 0 aromatic carbocycles. The van der Waals surface area contributed by atoms with E-state index in [1.54, 1.807) is 12.2 Å². The van der Waals surface area contributed by atoms with Gasteiger partial charge < -0.3 is 18.9 Å². The SMILES string of the molecule is CCCCC[C@@H](OC(C)=O)[C@H](/C=C/[C@@H](CCCCCCCC(=O)OC)OC(C)=O)OC(C)=O. The van der Waals surface area contributed by atoms with Crippen LogP contribution in [0.2, 0.25) is 0 Å². The third-order valence-electron chi connectivity index (χ3n) is 5.01. The maximum absolute atomic E-state index is 11.6. The highest BCUT2D eigenvalue weighted by Gasteiger charge is 2.25. The van der Waals surface area contributed by atoms with E-state index in [0.29, 0.717) is 19.3 Å². The minimum Gasteiger partial charge on any atom is -0.469 e. The second kappa shape index (κ2) is 19.1. The Balaban J connectivity index is 4.97. The molecule has 0 radical (unpaired) electrons. The van der Waals surface area contributed by atoms with Gasteiger partial charge in [0.05, 0.1) is 7.11 Å². The van der Waals surface area contributed by atoms with Crippen LogP contribution >= 0.6 is 0 Å². The van der Waals surface area contributed by atoms with Crippen LogP contribution in [-0.4, -0.2) is 49.3 Å². The normalized spacial score (nSPS) is 13.7. The van der Waals surface area contributed by atoms with Crippen molar-refractivity contribution < 1.29 is 38.1 Å². The van der Waals surface area contributed by atoms with Gasteiger partial charge in [-0.2, -0.15) is 0 Å². The lowest BCUT2D eigenvalue weighted by atomic mass is 10.0. The van der Waals surface area contributed by atoms with Crippen LogP contribution in [-0.2, 0) is 38.1 Å². The predicted octanol–water partition coefficient (Wildman–Crippen LogP) is 4.82. The molecule has 190 valence electrons. The van der Waals surface area contributed by atoms with Gasteiger partial charge in [-0.25, -0.2) is 0 Å². The molecular formula is C25H42O8. The third kappa shape index (κ3) is 17.8. The van der Waals surface area contributed by atoms with Gasteiger partial charge in [0.25, 0.3) is 0 Å². The summed E-state index contributed by atoms with van der Waals surface area (Å²) in [5.74, 6) is -1.51. The number of carbonyl (C=O) groups excluding carboxylic acids is 4. The molecule has 0 saturated carbocycles. The molecule has 0 amide bonds. The van der Waals surface area contributed by atoms with Crippen molar-refractivity contribution in [3.05, 3.63) is 12.2 Å². The standard InChI is InChI=1S/C25H42O8/c1-6-7-11-15-23(32-20(3)27)24(33-21(4)28)18-17-22(31-19(2)26)14-12-9-8-10-13-16-25(29)30-5/h17-18,22-24H,6-16H2,1-5H3/b18-17+/t22-,23-,24+/m1/s1. The van der Waals surface area contributed by atoms with Gasteiger partial charge >= 0.3 is 23.9 Å². The average molecular weight is 471 g/mol. The number of esters is 4. The fourth-order valence-electron chi connectivity index (χ4n) is 3.42. The van der Waals surface area contributed by atoms with Gasteiger partial charge in [-0.1, -0.05) is 39.0 Å². The predicted molar refractivity (Wildman–Crippen MR) is 124 cm³/mol.